The van der Waals surface area contributed by atoms with Crippen molar-refractivity contribution >= 4 is 8.69 Å². The fraction of sp³-hybridized carbons (Fsp3) is 1.00. The largest absolute Gasteiger partial charge is 0.327 e. The van der Waals surface area contributed by atoms with Gasteiger partial charge in [-0.2, -0.15) is 0 Å². The Morgan fingerprint density at radius 3 is 2.20 bits per heavy atom. The van der Waals surface area contributed by atoms with Gasteiger partial charge < -0.3 is 0 Å². The summed E-state index contributed by atoms with van der Waals surface area (Å²) in [6.45, 7) is 7.53. The molecule has 0 bridgehead atoms. The van der Waals surface area contributed by atoms with E-state index >= 15 is 0 Å². The molecule has 1 aliphatic carbocycles. The van der Waals surface area contributed by atoms with Gasteiger partial charge in [0.25, 0.3) is 0 Å². The maximum atomic E-state index is 10.1. The summed E-state index contributed by atoms with van der Waals surface area (Å²) in [7, 11) is -0.176. The molecule has 15 heavy (non-hydrogen) atoms. The van der Waals surface area contributed by atoms with Gasteiger partial charge in [0, 0.05) is 98.1 Å². The maximum absolute atomic E-state index is 10.1. The molecule has 2 atom stereocenters. The molecule has 6 heteroatoms. The van der Waals surface area contributed by atoms with Gasteiger partial charge in [0.15, 0.2) is 0 Å². The third-order valence-corrected chi connectivity index (χ3v) is 3.45. The first-order valence-electron chi connectivity index (χ1n) is 4.51. The van der Waals surface area contributed by atoms with E-state index in [0.717, 1.165) is 5.92 Å². The average molecular weight is 455 g/mol. The van der Waals surface area contributed by atoms with Crippen LogP contribution in [0.15, 0.2) is 0 Å². The Kier molecular flexibility index (Phi) is 17.5. The molecule has 0 aliphatic heterocycles. The van der Waals surface area contributed by atoms with Crippen LogP contribution in [0.4, 0.5) is 0 Å². The first-order chi connectivity index (χ1) is 5.56. The van der Waals surface area contributed by atoms with Crippen molar-refractivity contribution in [2.75, 3.05) is 6.61 Å². The van der Waals surface area contributed by atoms with Crippen molar-refractivity contribution in [2.45, 2.75) is 33.6 Å². The third kappa shape index (κ3) is 8.20. The minimum atomic E-state index is -0.176. The second-order valence-corrected chi connectivity index (χ2v) is 4.97. The molecule has 0 amide bonds. The van der Waals surface area contributed by atoms with E-state index < -0.39 is 0 Å². The standard InChI is InChI=1S/C9H17O2P.3Y/c1-7-4-8(6-11-12-10)5-9(7,2)3;;;/h7-8H,4-6H2,1-3H3;;;. The smallest absolute Gasteiger partial charge is 0.294 e. The molecular formula is C9H17O2PY3. The average Bonchev–Trinajstić information content (AvgIpc) is 2.22. The van der Waals surface area contributed by atoms with Crippen LogP contribution in [0.25, 0.3) is 0 Å². The molecule has 0 N–H and O–H groups in total. The van der Waals surface area contributed by atoms with Gasteiger partial charge in [0.05, 0.1) is 6.61 Å². The summed E-state index contributed by atoms with van der Waals surface area (Å²) in [5.41, 5.74) is 0.438. The molecule has 2 unspecified atom stereocenters. The molecule has 1 fully saturated rings. The van der Waals surface area contributed by atoms with E-state index in [1.165, 1.54) is 12.8 Å². The molecule has 79 valence electrons. The summed E-state index contributed by atoms with van der Waals surface area (Å²) < 4.78 is 15.0. The fourth-order valence-corrected chi connectivity index (χ4v) is 2.38. The molecule has 3 radical (unpaired) electrons. The molecule has 1 rings (SSSR count). The van der Waals surface area contributed by atoms with Crippen molar-refractivity contribution in [3.63, 3.8) is 0 Å². The minimum Gasteiger partial charge on any atom is -0.294 e. The number of rotatable bonds is 3. The van der Waals surface area contributed by atoms with Crippen molar-refractivity contribution < 1.29 is 107 Å². The van der Waals surface area contributed by atoms with E-state index in [2.05, 4.69) is 20.8 Å². The Bertz CT molecular complexity index is 179. The minimum absolute atomic E-state index is 0. The first kappa shape index (κ1) is 23.5. The van der Waals surface area contributed by atoms with Crippen molar-refractivity contribution in [1.29, 1.82) is 0 Å². The Morgan fingerprint density at radius 1 is 1.33 bits per heavy atom. The quantitative estimate of drug-likeness (QED) is 0.612. The summed E-state index contributed by atoms with van der Waals surface area (Å²) in [5.74, 6) is 1.37. The predicted molar refractivity (Wildman–Crippen MR) is 49.2 cm³/mol. The van der Waals surface area contributed by atoms with Crippen LogP contribution in [0.5, 0.6) is 0 Å². The second kappa shape index (κ2) is 11.2. The van der Waals surface area contributed by atoms with E-state index in [1.54, 1.807) is 0 Å². The summed E-state index contributed by atoms with van der Waals surface area (Å²) in [4.78, 5) is 0. The van der Waals surface area contributed by atoms with Crippen LogP contribution in [-0.4, -0.2) is 6.61 Å². The molecule has 0 aromatic heterocycles. The fourth-order valence-electron chi connectivity index (χ4n) is 2.11. The number of hydrogen-bond donors (Lipinski definition) is 0. The van der Waals surface area contributed by atoms with Crippen molar-refractivity contribution in [3.8, 4) is 0 Å². The van der Waals surface area contributed by atoms with E-state index in [1.807, 2.05) is 0 Å². The summed E-state index contributed by atoms with van der Waals surface area (Å²) in [6.07, 6.45) is 2.41. The van der Waals surface area contributed by atoms with Gasteiger partial charge in [0.1, 0.15) is 0 Å². The SMILES string of the molecule is CC1CC(COP=O)CC1(C)C.[Y].[Y].[Y]. The van der Waals surface area contributed by atoms with Crippen molar-refractivity contribution in [2.24, 2.45) is 17.3 Å². The summed E-state index contributed by atoms with van der Waals surface area (Å²) >= 11 is 0. The summed E-state index contributed by atoms with van der Waals surface area (Å²) in [5, 5.41) is 0. The molecule has 0 aromatic carbocycles. The Labute approximate surface area is 170 Å². The van der Waals surface area contributed by atoms with Crippen LogP contribution in [0.1, 0.15) is 33.6 Å². The van der Waals surface area contributed by atoms with Gasteiger partial charge in [-0.25, -0.2) is 4.57 Å². The van der Waals surface area contributed by atoms with Crippen LogP contribution in [0.2, 0.25) is 0 Å². The van der Waals surface area contributed by atoms with E-state index in [9.17, 15) is 4.57 Å². The summed E-state index contributed by atoms with van der Waals surface area (Å²) in [6, 6.07) is 0. The normalized spacial score (nSPS) is 27.4. The zero-order valence-corrected chi connectivity index (χ0v) is 19.2. The predicted octanol–water partition coefficient (Wildman–Crippen LogP) is 3.27. The molecular weight excluding hydrogens is 438 g/mol. The first-order valence-corrected chi connectivity index (χ1v) is 5.24. The molecule has 0 saturated heterocycles. The van der Waals surface area contributed by atoms with Crippen LogP contribution in [0.3, 0.4) is 0 Å². The monoisotopic (exact) mass is 455 g/mol. The van der Waals surface area contributed by atoms with Crippen LogP contribution in [-0.2, 0) is 107 Å². The zero-order valence-electron chi connectivity index (χ0n) is 9.77. The van der Waals surface area contributed by atoms with Crippen molar-refractivity contribution in [3.05, 3.63) is 0 Å². The Balaban J connectivity index is -0.000000480. The van der Waals surface area contributed by atoms with E-state index in [4.69, 9.17) is 4.52 Å². The van der Waals surface area contributed by atoms with Gasteiger partial charge in [-0.3, -0.25) is 4.52 Å². The number of hydrogen-bond acceptors (Lipinski definition) is 2. The van der Waals surface area contributed by atoms with Gasteiger partial charge in [0.2, 0.25) is 0 Å². The van der Waals surface area contributed by atoms with E-state index in [-0.39, 0.29) is 107 Å². The van der Waals surface area contributed by atoms with Gasteiger partial charge >= 0.3 is 8.69 Å². The van der Waals surface area contributed by atoms with Gasteiger partial charge in [-0.15, -0.1) is 0 Å². The van der Waals surface area contributed by atoms with Crippen LogP contribution in [0, 0.1) is 17.3 Å². The van der Waals surface area contributed by atoms with Crippen LogP contribution < -0.4 is 0 Å². The van der Waals surface area contributed by atoms with Gasteiger partial charge in [-0.1, -0.05) is 20.8 Å². The van der Waals surface area contributed by atoms with Crippen LogP contribution >= 0.6 is 8.69 Å². The molecule has 0 spiro atoms. The maximum Gasteiger partial charge on any atom is 0.327 e. The molecule has 2 nitrogen and oxygen atoms in total. The van der Waals surface area contributed by atoms with E-state index in [0.29, 0.717) is 17.9 Å². The molecule has 0 aromatic rings. The van der Waals surface area contributed by atoms with Gasteiger partial charge in [-0.05, 0) is 30.1 Å². The molecule has 1 aliphatic rings. The Morgan fingerprint density at radius 2 is 1.87 bits per heavy atom. The third-order valence-electron chi connectivity index (χ3n) is 3.20. The molecule has 1 saturated carbocycles. The zero-order chi connectivity index (χ0) is 9.19. The van der Waals surface area contributed by atoms with Crippen molar-refractivity contribution in [1.82, 2.24) is 0 Å². The second-order valence-electron chi connectivity index (χ2n) is 4.57. The Hall–Kier alpha value is 3.37. The topological polar surface area (TPSA) is 26.3 Å². The molecule has 0 heterocycles.